The fourth-order valence-electron chi connectivity index (χ4n) is 3.23. The van der Waals surface area contributed by atoms with E-state index < -0.39 is 0 Å². The minimum atomic E-state index is 0.150. The predicted octanol–water partition coefficient (Wildman–Crippen LogP) is 4.35. The lowest BCUT2D eigenvalue weighted by Gasteiger charge is -2.34. The molecule has 2 rings (SSSR count). The zero-order valence-electron chi connectivity index (χ0n) is 12.9. The van der Waals surface area contributed by atoms with Gasteiger partial charge in [-0.3, -0.25) is 4.90 Å². The molecule has 1 aliphatic heterocycles. The van der Waals surface area contributed by atoms with Crippen LogP contribution in [0.3, 0.4) is 0 Å². The molecule has 0 aliphatic carbocycles. The van der Waals surface area contributed by atoms with Crippen molar-refractivity contribution in [3.8, 4) is 0 Å². The van der Waals surface area contributed by atoms with Gasteiger partial charge in [0.15, 0.2) is 0 Å². The Labute approximate surface area is 131 Å². The molecule has 3 heteroatoms. The van der Waals surface area contributed by atoms with Gasteiger partial charge >= 0.3 is 0 Å². The second-order valence-corrected chi connectivity index (χ2v) is 7.82. The normalized spacial score (nSPS) is 23.1. The first kappa shape index (κ1) is 16.0. The van der Waals surface area contributed by atoms with E-state index in [1.807, 2.05) is 0 Å². The van der Waals surface area contributed by atoms with Crippen LogP contribution in [0.25, 0.3) is 0 Å². The lowest BCUT2D eigenvalue weighted by atomic mass is 9.85. The molecule has 2 nitrogen and oxygen atoms in total. The summed E-state index contributed by atoms with van der Waals surface area (Å²) in [5.41, 5.74) is 8.11. The Hall–Kier alpha value is -0.380. The second kappa shape index (κ2) is 6.59. The van der Waals surface area contributed by atoms with Gasteiger partial charge in [-0.1, -0.05) is 41.9 Å². The number of nitrogens with zero attached hydrogens (tertiary/aromatic N) is 1. The van der Waals surface area contributed by atoms with Crippen LogP contribution in [-0.2, 0) is 0 Å². The van der Waals surface area contributed by atoms with E-state index >= 15 is 0 Å². The van der Waals surface area contributed by atoms with Crippen molar-refractivity contribution in [2.45, 2.75) is 52.1 Å². The molecule has 1 saturated heterocycles. The average molecular weight is 339 g/mol. The standard InChI is InChI=1S/C17H27BrN2/c1-13(19)16(14-5-7-15(18)8-6-14)20-11-4-9-17(2,3)10-12-20/h5-8,13,16H,4,9-12,19H2,1-3H3. The van der Waals surface area contributed by atoms with E-state index in [2.05, 4.69) is 65.9 Å². The first-order valence-corrected chi connectivity index (χ1v) is 8.43. The van der Waals surface area contributed by atoms with E-state index in [-0.39, 0.29) is 6.04 Å². The predicted molar refractivity (Wildman–Crippen MR) is 89.7 cm³/mol. The van der Waals surface area contributed by atoms with E-state index in [9.17, 15) is 0 Å². The molecule has 0 aromatic heterocycles. The van der Waals surface area contributed by atoms with Crippen molar-refractivity contribution in [1.82, 2.24) is 4.90 Å². The van der Waals surface area contributed by atoms with Crippen LogP contribution < -0.4 is 5.73 Å². The van der Waals surface area contributed by atoms with Crippen LogP contribution in [0, 0.1) is 5.41 Å². The Morgan fingerprint density at radius 1 is 1.15 bits per heavy atom. The van der Waals surface area contributed by atoms with Crippen molar-refractivity contribution < 1.29 is 0 Å². The molecule has 1 aromatic rings. The highest BCUT2D eigenvalue weighted by atomic mass is 79.9. The van der Waals surface area contributed by atoms with Gasteiger partial charge in [-0.2, -0.15) is 0 Å². The fraction of sp³-hybridized carbons (Fsp3) is 0.647. The molecule has 2 N–H and O–H groups in total. The lowest BCUT2D eigenvalue weighted by molar-refractivity contribution is 0.176. The third kappa shape index (κ3) is 4.06. The van der Waals surface area contributed by atoms with Gasteiger partial charge in [0.2, 0.25) is 0 Å². The number of hydrogen-bond donors (Lipinski definition) is 1. The molecule has 0 saturated carbocycles. The molecule has 1 aliphatic rings. The van der Waals surface area contributed by atoms with Gasteiger partial charge in [-0.25, -0.2) is 0 Å². The maximum atomic E-state index is 6.30. The van der Waals surface area contributed by atoms with E-state index in [4.69, 9.17) is 5.73 Å². The van der Waals surface area contributed by atoms with Crippen LogP contribution in [0.1, 0.15) is 51.6 Å². The molecule has 2 atom stereocenters. The van der Waals surface area contributed by atoms with Gasteiger partial charge in [0.1, 0.15) is 0 Å². The minimum absolute atomic E-state index is 0.150. The number of rotatable bonds is 3. The quantitative estimate of drug-likeness (QED) is 0.887. The van der Waals surface area contributed by atoms with Crippen molar-refractivity contribution in [1.29, 1.82) is 0 Å². The Morgan fingerprint density at radius 3 is 2.40 bits per heavy atom. The summed E-state index contributed by atoms with van der Waals surface area (Å²) in [5, 5.41) is 0. The highest BCUT2D eigenvalue weighted by molar-refractivity contribution is 9.10. The van der Waals surface area contributed by atoms with Gasteiger partial charge in [0.25, 0.3) is 0 Å². The first-order valence-electron chi connectivity index (χ1n) is 7.64. The third-order valence-corrected chi connectivity index (χ3v) is 5.01. The van der Waals surface area contributed by atoms with E-state index in [0.717, 1.165) is 17.6 Å². The molecule has 20 heavy (non-hydrogen) atoms. The van der Waals surface area contributed by atoms with Gasteiger partial charge < -0.3 is 5.73 Å². The topological polar surface area (TPSA) is 29.3 Å². The molecular formula is C17H27BrN2. The number of hydrogen-bond acceptors (Lipinski definition) is 2. The Balaban J connectivity index is 2.18. The van der Waals surface area contributed by atoms with E-state index in [1.54, 1.807) is 0 Å². The van der Waals surface area contributed by atoms with Crippen LogP contribution in [0.4, 0.5) is 0 Å². The second-order valence-electron chi connectivity index (χ2n) is 6.91. The zero-order chi connectivity index (χ0) is 14.8. The monoisotopic (exact) mass is 338 g/mol. The third-order valence-electron chi connectivity index (χ3n) is 4.48. The number of likely N-dealkylation sites (tertiary alicyclic amines) is 1. The van der Waals surface area contributed by atoms with E-state index in [0.29, 0.717) is 11.5 Å². The lowest BCUT2D eigenvalue weighted by Crippen LogP contribution is -2.40. The van der Waals surface area contributed by atoms with Crippen molar-refractivity contribution in [3.63, 3.8) is 0 Å². The summed E-state index contributed by atoms with van der Waals surface area (Å²) in [7, 11) is 0. The highest BCUT2D eigenvalue weighted by Crippen LogP contribution is 2.34. The van der Waals surface area contributed by atoms with Crippen molar-refractivity contribution in [2.24, 2.45) is 11.1 Å². The van der Waals surface area contributed by atoms with Crippen LogP contribution in [0.5, 0.6) is 0 Å². The molecule has 0 spiro atoms. The van der Waals surface area contributed by atoms with Crippen LogP contribution >= 0.6 is 15.9 Å². The Morgan fingerprint density at radius 2 is 1.80 bits per heavy atom. The molecule has 1 fully saturated rings. The van der Waals surface area contributed by atoms with Crippen molar-refractivity contribution >= 4 is 15.9 Å². The average Bonchev–Trinajstić information content (AvgIpc) is 2.53. The van der Waals surface area contributed by atoms with Gasteiger partial charge in [0.05, 0.1) is 0 Å². The van der Waals surface area contributed by atoms with Gasteiger partial charge in [-0.15, -0.1) is 0 Å². The summed E-state index contributed by atoms with van der Waals surface area (Å²) in [6.07, 6.45) is 3.84. The first-order chi connectivity index (χ1) is 9.39. The number of nitrogens with two attached hydrogens (primary N) is 1. The summed E-state index contributed by atoms with van der Waals surface area (Å²) in [6.45, 7) is 9.21. The maximum absolute atomic E-state index is 6.30. The van der Waals surface area contributed by atoms with Crippen LogP contribution in [0.15, 0.2) is 28.7 Å². The summed E-state index contributed by atoms with van der Waals surface area (Å²) < 4.78 is 1.13. The largest absolute Gasteiger partial charge is 0.326 e. The summed E-state index contributed by atoms with van der Waals surface area (Å²) in [4.78, 5) is 2.59. The Bertz CT molecular complexity index is 425. The molecule has 0 bridgehead atoms. The van der Waals surface area contributed by atoms with Gasteiger partial charge in [0, 0.05) is 16.6 Å². The maximum Gasteiger partial charge on any atom is 0.0496 e. The molecule has 1 heterocycles. The SMILES string of the molecule is CC(N)C(c1ccc(Br)cc1)N1CCCC(C)(C)CC1. The summed E-state index contributed by atoms with van der Waals surface area (Å²) >= 11 is 3.51. The molecule has 1 aromatic carbocycles. The zero-order valence-corrected chi connectivity index (χ0v) is 14.5. The van der Waals surface area contributed by atoms with E-state index in [1.165, 1.54) is 24.8 Å². The Kier molecular flexibility index (Phi) is 5.27. The highest BCUT2D eigenvalue weighted by Gasteiger charge is 2.29. The van der Waals surface area contributed by atoms with Crippen molar-refractivity contribution in [3.05, 3.63) is 34.3 Å². The van der Waals surface area contributed by atoms with Gasteiger partial charge in [-0.05, 0) is 62.4 Å². The molecular weight excluding hydrogens is 312 g/mol. The fourth-order valence-corrected chi connectivity index (χ4v) is 3.49. The van der Waals surface area contributed by atoms with Crippen molar-refractivity contribution in [2.75, 3.05) is 13.1 Å². The smallest absolute Gasteiger partial charge is 0.0496 e. The number of halogens is 1. The molecule has 0 radical (unpaired) electrons. The van der Waals surface area contributed by atoms with Crippen LogP contribution in [0.2, 0.25) is 0 Å². The summed E-state index contributed by atoms with van der Waals surface area (Å²) in [6, 6.07) is 9.12. The minimum Gasteiger partial charge on any atom is -0.326 e. The molecule has 0 amide bonds. The molecule has 2 unspecified atom stereocenters. The molecule has 112 valence electrons. The van der Waals surface area contributed by atoms with Crippen LogP contribution in [-0.4, -0.2) is 24.0 Å². The summed E-state index contributed by atoms with van der Waals surface area (Å²) in [5.74, 6) is 0. The number of benzene rings is 1.